The van der Waals surface area contributed by atoms with Gasteiger partial charge >= 0.3 is 0 Å². The largest absolute Gasteiger partial charge is 0.411 e. The van der Waals surface area contributed by atoms with Crippen molar-refractivity contribution in [2.24, 2.45) is 5.16 Å². The van der Waals surface area contributed by atoms with Crippen molar-refractivity contribution in [1.29, 1.82) is 0 Å². The van der Waals surface area contributed by atoms with E-state index in [2.05, 4.69) is 5.16 Å². The summed E-state index contributed by atoms with van der Waals surface area (Å²) in [5, 5.41) is 11.7. The molecule has 0 saturated heterocycles. The van der Waals surface area contributed by atoms with Crippen LogP contribution in [0.4, 0.5) is 0 Å². The van der Waals surface area contributed by atoms with Crippen molar-refractivity contribution in [2.75, 3.05) is 0 Å². The van der Waals surface area contributed by atoms with Gasteiger partial charge in [-0.15, -0.1) is 0 Å². The number of benzene rings is 1. The molecule has 0 amide bonds. The number of nitrogens with zero attached hydrogens (tertiary/aromatic N) is 1. The molecule has 0 aliphatic carbocycles. The summed E-state index contributed by atoms with van der Waals surface area (Å²) >= 11 is 11.0. The summed E-state index contributed by atoms with van der Waals surface area (Å²) in [5.41, 5.74) is 2.24. The molecule has 74 valence electrons. The first-order valence-corrected chi connectivity index (χ1v) is 4.71. The fraction of sp³-hybridized carbons (Fsp3) is 0.100. The highest BCUT2D eigenvalue weighted by atomic mass is 35.5. The van der Waals surface area contributed by atoms with Gasteiger partial charge in [-0.05, 0) is 30.2 Å². The van der Waals surface area contributed by atoms with Crippen LogP contribution in [0.25, 0.3) is 6.08 Å². The van der Waals surface area contributed by atoms with Crippen LogP contribution in [-0.4, -0.2) is 10.9 Å². The lowest BCUT2D eigenvalue weighted by Crippen LogP contribution is -1.93. The van der Waals surface area contributed by atoms with E-state index in [1.165, 1.54) is 0 Å². The molecule has 0 atom stereocenters. The van der Waals surface area contributed by atoms with Gasteiger partial charge in [0, 0.05) is 0 Å². The lowest BCUT2D eigenvalue weighted by molar-refractivity contribution is 0.319. The van der Waals surface area contributed by atoms with Gasteiger partial charge in [-0.25, -0.2) is 0 Å². The van der Waals surface area contributed by atoms with E-state index in [0.717, 1.165) is 11.1 Å². The zero-order valence-corrected chi connectivity index (χ0v) is 9.05. The van der Waals surface area contributed by atoms with E-state index in [1.807, 2.05) is 24.3 Å². The Morgan fingerprint density at radius 2 is 2.14 bits per heavy atom. The number of oxime groups is 1. The van der Waals surface area contributed by atoms with Gasteiger partial charge in [0.1, 0.15) is 4.49 Å². The van der Waals surface area contributed by atoms with Crippen LogP contribution < -0.4 is 0 Å². The first-order valence-electron chi connectivity index (χ1n) is 3.95. The summed E-state index contributed by atoms with van der Waals surface area (Å²) in [6.07, 6.45) is 1.62. The molecule has 0 aliphatic rings. The predicted molar refractivity (Wildman–Crippen MR) is 60.1 cm³/mol. The Kier molecular flexibility index (Phi) is 3.98. The van der Waals surface area contributed by atoms with Crippen LogP contribution in [0, 0.1) is 0 Å². The van der Waals surface area contributed by atoms with Crippen molar-refractivity contribution in [3.05, 3.63) is 39.9 Å². The maximum atomic E-state index is 8.58. The van der Waals surface area contributed by atoms with Crippen molar-refractivity contribution in [1.82, 2.24) is 0 Å². The normalized spacial score (nSPS) is 11.2. The van der Waals surface area contributed by atoms with Gasteiger partial charge in [0.05, 0.1) is 5.71 Å². The molecular formula is C10H9Cl2NO. The standard InChI is InChI=1S/C10H9Cl2NO/c1-7(13-14)9-4-2-3-8(5-9)6-10(11)12/h2-6,14H,1H3. The van der Waals surface area contributed by atoms with E-state index in [4.69, 9.17) is 28.4 Å². The molecule has 1 aromatic rings. The molecule has 1 rings (SSSR count). The molecule has 0 saturated carbocycles. The summed E-state index contributed by atoms with van der Waals surface area (Å²) < 4.78 is 0.195. The van der Waals surface area contributed by atoms with Crippen LogP contribution in [0.15, 0.2) is 33.9 Å². The van der Waals surface area contributed by atoms with Gasteiger partial charge in [0.25, 0.3) is 0 Å². The van der Waals surface area contributed by atoms with Crippen molar-refractivity contribution in [3.63, 3.8) is 0 Å². The van der Waals surface area contributed by atoms with Crippen molar-refractivity contribution in [2.45, 2.75) is 6.92 Å². The van der Waals surface area contributed by atoms with Crippen LogP contribution >= 0.6 is 23.2 Å². The third kappa shape index (κ3) is 3.05. The Labute approximate surface area is 92.5 Å². The zero-order chi connectivity index (χ0) is 10.6. The molecule has 4 heteroatoms. The van der Waals surface area contributed by atoms with E-state index in [0.29, 0.717) is 5.71 Å². The van der Waals surface area contributed by atoms with Gasteiger partial charge < -0.3 is 5.21 Å². The fourth-order valence-corrected chi connectivity index (χ4v) is 1.29. The second-order valence-electron chi connectivity index (χ2n) is 2.74. The van der Waals surface area contributed by atoms with E-state index in [1.54, 1.807) is 13.0 Å². The minimum atomic E-state index is 0.195. The summed E-state index contributed by atoms with van der Waals surface area (Å²) in [6, 6.07) is 7.37. The zero-order valence-electron chi connectivity index (χ0n) is 7.54. The topological polar surface area (TPSA) is 32.6 Å². The molecule has 2 nitrogen and oxygen atoms in total. The number of halogens is 2. The third-order valence-corrected chi connectivity index (χ3v) is 1.95. The molecule has 14 heavy (non-hydrogen) atoms. The van der Waals surface area contributed by atoms with Gasteiger partial charge in [0.2, 0.25) is 0 Å². The smallest absolute Gasteiger partial charge is 0.107 e. The molecule has 0 bridgehead atoms. The van der Waals surface area contributed by atoms with Crippen molar-refractivity contribution in [3.8, 4) is 0 Å². The summed E-state index contributed by atoms with van der Waals surface area (Å²) in [7, 11) is 0. The van der Waals surface area contributed by atoms with Gasteiger partial charge in [0.15, 0.2) is 0 Å². The second kappa shape index (κ2) is 5.03. The van der Waals surface area contributed by atoms with Gasteiger partial charge in [-0.2, -0.15) is 0 Å². The third-order valence-electron chi connectivity index (χ3n) is 1.73. The van der Waals surface area contributed by atoms with Gasteiger partial charge in [-0.3, -0.25) is 0 Å². The minimum Gasteiger partial charge on any atom is -0.411 e. The fourth-order valence-electron chi connectivity index (χ4n) is 1.04. The summed E-state index contributed by atoms with van der Waals surface area (Å²) in [6.45, 7) is 1.71. The Bertz CT molecular complexity index is 381. The highest BCUT2D eigenvalue weighted by molar-refractivity contribution is 6.57. The van der Waals surface area contributed by atoms with Crippen LogP contribution in [0.1, 0.15) is 18.1 Å². The Hall–Kier alpha value is -0.990. The molecule has 1 aromatic carbocycles. The molecule has 0 radical (unpaired) electrons. The Morgan fingerprint density at radius 1 is 1.43 bits per heavy atom. The first kappa shape index (κ1) is 11.1. The molecular weight excluding hydrogens is 221 g/mol. The van der Waals surface area contributed by atoms with Crippen molar-refractivity contribution < 1.29 is 5.21 Å². The average Bonchev–Trinajstić information content (AvgIpc) is 2.16. The van der Waals surface area contributed by atoms with E-state index in [-0.39, 0.29) is 4.49 Å². The lowest BCUT2D eigenvalue weighted by atomic mass is 10.1. The first-order chi connectivity index (χ1) is 6.63. The van der Waals surface area contributed by atoms with E-state index < -0.39 is 0 Å². The Morgan fingerprint density at radius 3 is 2.71 bits per heavy atom. The molecule has 1 N–H and O–H groups in total. The van der Waals surface area contributed by atoms with E-state index in [9.17, 15) is 0 Å². The van der Waals surface area contributed by atoms with Crippen LogP contribution in [0.5, 0.6) is 0 Å². The summed E-state index contributed by atoms with van der Waals surface area (Å²) in [4.78, 5) is 0. The number of hydrogen-bond acceptors (Lipinski definition) is 2. The van der Waals surface area contributed by atoms with Gasteiger partial charge in [-0.1, -0.05) is 46.6 Å². The Balaban J connectivity index is 3.08. The van der Waals surface area contributed by atoms with Crippen LogP contribution in [-0.2, 0) is 0 Å². The average molecular weight is 230 g/mol. The SMILES string of the molecule is CC(=NO)c1cccc(C=C(Cl)Cl)c1. The molecule has 0 aromatic heterocycles. The maximum absolute atomic E-state index is 8.58. The molecule has 0 fully saturated rings. The van der Waals surface area contributed by atoms with E-state index >= 15 is 0 Å². The maximum Gasteiger partial charge on any atom is 0.107 e. The minimum absolute atomic E-state index is 0.195. The highest BCUT2D eigenvalue weighted by Crippen LogP contribution is 2.15. The molecule has 0 aliphatic heterocycles. The molecule has 0 unspecified atom stereocenters. The van der Waals surface area contributed by atoms with Crippen LogP contribution in [0.3, 0.4) is 0 Å². The van der Waals surface area contributed by atoms with Crippen molar-refractivity contribution >= 4 is 35.0 Å². The number of rotatable bonds is 2. The highest BCUT2D eigenvalue weighted by Gasteiger charge is 1.98. The molecule has 0 heterocycles. The monoisotopic (exact) mass is 229 g/mol. The quantitative estimate of drug-likeness (QED) is 0.469. The van der Waals surface area contributed by atoms with Crippen LogP contribution in [0.2, 0.25) is 0 Å². The summed E-state index contributed by atoms with van der Waals surface area (Å²) in [5.74, 6) is 0. The molecule has 0 spiro atoms. The lowest BCUT2D eigenvalue weighted by Gasteiger charge is -1.99. The number of hydrogen-bond donors (Lipinski definition) is 1. The predicted octanol–water partition coefficient (Wildman–Crippen LogP) is 3.66. The second-order valence-corrected chi connectivity index (χ2v) is 3.75.